The zero-order valence-corrected chi connectivity index (χ0v) is 11.9. The Balaban J connectivity index is 2.04. The van der Waals surface area contributed by atoms with Crippen LogP contribution in [0.1, 0.15) is 18.1 Å². The Kier molecular flexibility index (Phi) is 3.52. The third kappa shape index (κ3) is 2.32. The molecule has 0 atom stereocenters. The van der Waals surface area contributed by atoms with Crippen molar-refractivity contribution in [3.8, 4) is 11.3 Å². The van der Waals surface area contributed by atoms with Crippen molar-refractivity contribution in [2.45, 2.75) is 20.4 Å². The van der Waals surface area contributed by atoms with Crippen molar-refractivity contribution >= 4 is 5.65 Å². The van der Waals surface area contributed by atoms with Crippen LogP contribution in [0.15, 0.2) is 48.8 Å². The summed E-state index contributed by atoms with van der Waals surface area (Å²) in [6, 6.07) is 12.9. The Bertz CT molecular complexity index is 728. The van der Waals surface area contributed by atoms with Crippen LogP contribution in [0.5, 0.6) is 0 Å². The van der Waals surface area contributed by atoms with Gasteiger partial charge >= 0.3 is 0 Å². The molecule has 1 aromatic carbocycles. The van der Waals surface area contributed by atoms with Gasteiger partial charge in [-0.1, -0.05) is 31.2 Å². The monoisotopic (exact) mass is 265 g/mol. The molecule has 0 aliphatic carbocycles. The first-order chi connectivity index (χ1) is 9.79. The largest absolute Gasteiger partial charge is 0.313 e. The van der Waals surface area contributed by atoms with Crippen molar-refractivity contribution in [1.29, 1.82) is 0 Å². The third-order valence-corrected chi connectivity index (χ3v) is 3.57. The number of nitrogens with one attached hydrogen (secondary N) is 1. The number of hydrogen-bond donors (Lipinski definition) is 1. The predicted octanol–water partition coefficient (Wildman–Crippen LogP) is 3.42. The lowest BCUT2D eigenvalue weighted by molar-refractivity contribution is 0.726. The highest BCUT2D eigenvalue weighted by Gasteiger charge is 2.07. The topological polar surface area (TPSA) is 29.3 Å². The molecular weight excluding hydrogens is 246 g/mol. The van der Waals surface area contributed by atoms with Gasteiger partial charge in [0.15, 0.2) is 0 Å². The van der Waals surface area contributed by atoms with E-state index >= 15 is 0 Å². The lowest BCUT2D eigenvalue weighted by atomic mass is 10.0. The molecule has 0 amide bonds. The molecule has 0 bridgehead atoms. The number of aryl methyl sites for hydroxylation is 1. The van der Waals surface area contributed by atoms with Gasteiger partial charge in [0.1, 0.15) is 5.65 Å². The summed E-state index contributed by atoms with van der Waals surface area (Å²) in [5.41, 5.74) is 6.05. The fourth-order valence-electron chi connectivity index (χ4n) is 2.56. The van der Waals surface area contributed by atoms with Crippen LogP contribution in [-0.4, -0.2) is 15.9 Å². The minimum atomic E-state index is 0.924. The normalized spacial score (nSPS) is 11.1. The lowest BCUT2D eigenvalue weighted by Crippen LogP contribution is -2.11. The minimum Gasteiger partial charge on any atom is -0.313 e. The molecule has 3 heteroatoms. The summed E-state index contributed by atoms with van der Waals surface area (Å²) in [7, 11) is 0. The zero-order valence-electron chi connectivity index (χ0n) is 11.9. The molecule has 2 aromatic heterocycles. The maximum absolute atomic E-state index is 4.35. The van der Waals surface area contributed by atoms with Crippen molar-refractivity contribution in [2.75, 3.05) is 6.54 Å². The van der Waals surface area contributed by atoms with Crippen LogP contribution in [0, 0.1) is 6.92 Å². The number of imidazole rings is 1. The number of fused-ring (bicyclic) bond motifs is 1. The first-order valence-electron chi connectivity index (χ1n) is 7.02. The summed E-state index contributed by atoms with van der Waals surface area (Å²) in [6.07, 6.45) is 3.85. The van der Waals surface area contributed by atoms with E-state index in [4.69, 9.17) is 0 Å². The molecule has 3 nitrogen and oxygen atoms in total. The van der Waals surface area contributed by atoms with Gasteiger partial charge in [0.2, 0.25) is 0 Å². The van der Waals surface area contributed by atoms with E-state index in [1.807, 2.05) is 18.5 Å². The van der Waals surface area contributed by atoms with Gasteiger partial charge < -0.3 is 5.32 Å². The Hall–Kier alpha value is -2.13. The van der Waals surface area contributed by atoms with Gasteiger partial charge in [0.25, 0.3) is 0 Å². The molecule has 1 N–H and O–H groups in total. The van der Waals surface area contributed by atoms with Gasteiger partial charge in [-0.15, -0.1) is 0 Å². The molecule has 102 valence electrons. The quantitative estimate of drug-likeness (QED) is 0.783. The van der Waals surface area contributed by atoms with Crippen LogP contribution in [0.2, 0.25) is 0 Å². The van der Waals surface area contributed by atoms with Gasteiger partial charge in [-0.3, -0.25) is 4.40 Å². The summed E-state index contributed by atoms with van der Waals surface area (Å²) in [5.74, 6) is 0. The molecule has 20 heavy (non-hydrogen) atoms. The van der Waals surface area contributed by atoms with Crippen molar-refractivity contribution < 1.29 is 0 Å². The molecule has 2 heterocycles. The Morgan fingerprint density at radius 2 is 2.10 bits per heavy atom. The molecule has 0 spiro atoms. The third-order valence-electron chi connectivity index (χ3n) is 3.57. The molecule has 0 saturated heterocycles. The Labute approximate surface area is 119 Å². The van der Waals surface area contributed by atoms with Gasteiger partial charge in [0.05, 0.1) is 5.69 Å². The average Bonchev–Trinajstić information content (AvgIpc) is 2.94. The van der Waals surface area contributed by atoms with Gasteiger partial charge in [0, 0.05) is 24.5 Å². The van der Waals surface area contributed by atoms with E-state index in [-0.39, 0.29) is 0 Å². The van der Waals surface area contributed by atoms with Crippen molar-refractivity contribution in [3.63, 3.8) is 0 Å². The highest BCUT2D eigenvalue weighted by atomic mass is 15.0. The van der Waals surface area contributed by atoms with Gasteiger partial charge in [-0.25, -0.2) is 4.98 Å². The van der Waals surface area contributed by atoms with E-state index in [1.165, 1.54) is 22.4 Å². The summed E-state index contributed by atoms with van der Waals surface area (Å²) < 4.78 is 2.13. The maximum atomic E-state index is 4.35. The summed E-state index contributed by atoms with van der Waals surface area (Å²) in [5, 5.41) is 3.36. The van der Waals surface area contributed by atoms with E-state index in [9.17, 15) is 0 Å². The minimum absolute atomic E-state index is 0.924. The first kappa shape index (κ1) is 12.9. The molecule has 0 saturated carbocycles. The Morgan fingerprint density at radius 3 is 2.90 bits per heavy atom. The van der Waals surface area contributed by atoms with Crippen molar-refractivity contribution in [1.82, 2.24) is 14.7 Å². The number of nitrogens with zero attached hydrogens (tertiary/aromatic N) is 2. The molecule has 0 unspecified atom stereocenters. The molecule has 0 aliphatic rings. The number of pyridine rings is 1. The molecule has 0 radical (unpaired) electrons. The molecule has 3 rings (SSSR count). The summed E-state index contributed by atoms with van der Waals surface area (Å²) in [6.45, 7) is 6.21. The van der Waals surface area contributed by atoms with Crippen molar-refractivity contribution in [2.24, 2.45) is 0 Å². The highest BCUT2D eigenvalue weighted by molar-refractivity contribution is 5.67. The maximum Gasteiger partial charge on any atom is 0.137 e. The van der Waals surface area contributed by atoms with Gasteiger partial charge in [-0.2, -0.15) is 0 Å². The van der Waals surface area contributed by atoms with Crippen molar-refractivity contribution in [3.05, 3.63) is 59.9 Å². The molecule has 0 fully saturated rings. The lowest BCUT2D eigenvalue weighted by Gasteiger charge is -2.11. The number of aromatic nitrogens is 2. The van der Waals surface area contributed by atoms with Crippen LogP contribution < -0.4 is 5.32 Å². The summed E-state index contributed by atoms with van der Waals surface area (Å²) in [4.78, 5) is 4.35. The van der Waals surface area contributed by atoms with Crippen LogP contribution in [-0.2, 0) is 6.54 Å². The average molecular weight is 265 g/mol. The molecule has 0 aliphatic heterocycles. The van der Waals surface area contributed by atoms with Crippen LogP contribution >= 0.6 is 0 Å². The molecule has 3 aromatic rings. The summed E-state index contributed by atoms with van der Waals surface area (Å²) >= 11 is 0. The van der Waals surface area contributed by atoms with E-state index in [2.05, 4.69) is 58.9 Å². The second-order valence-electron chi connectivity index (χ2n) is 5.00. The fraction of sp³-hybridized carbons (Fsp3) is 0.235. The standard InChI is InChI=1S/C17H19N3/c1-3-18-12-14-7-8-15(13(2)11-14)16-5-4-6-17-19-9-10-20(16)17/h4-11,18H,3,12H2,1-2H3. The second kappa shape index (κ2) is 5.47. The smallest absolute Gasteiger partial charge is 0.137 e. The highest BCUT2D eigenvalue weighted by Crippen LogP contribution is 2.25. The second-order valence-corrected chi connectivity index (χ2v) is 5.00. The molecular formula is C17H19N3. The van der Waals surface area contributed by atoms with Crippen LogP contribution in [0.4, 0.5) is 0 Å². The van der Waals surface area contributed by atoms with Crippen LogP contribution in [0.3, 0.4) is 0 Å². The zero-order chi connectivity index (χ0) is 13.9. The van der Waals surface area contributed by atoms with E-state index in [1.54, 1.807) is 0 Å². The van der Waals surface area contributed by atoms with E-state index in [0.717, 1.165) is 18.7 Å². The number of rotatable bonds is 4. The SMILES string of the molecule is CCNCc1ccc(-c2cccc3nccn23)c(C)c1. The van der Waals surface area contributed by atoms with Gasteiger partial charge in [-0.05, 0) is 36.7 Å². The number of hydrogen-bond acceptors (Lipinski definition) is 2. The fourth-order valence-corrected chi connectivity index (χ4v) is 2.56. The predicted molar refractivity (Wildman–Crippen MR) is 82.7 cm³/mol. The van der Waals surface area contributed by atoms with E-state index in [0.29, 0.717) is 0 Å². The first-order valence-corrected chi connectivity index (χ1v) is 7.02. The van der Waals surface area contributed by atoms with Crippen LogP contribution in [0.25, 0.3) is 16.9 Å². The number of benzene rings is 1. The van der Waals surface area contributed by atoms with E-state index < -0.39 is 0 Å². The Morgan fingerprint density at radius 1 is 1.20 bits per heavy atom.